The van der Waals surface area contributed by atoms with E-state index in [9.17, 15) is 0 Å². The highest BCUT2D eigenvalue weighted by atomic mass is 32.1. The number of rotatable bonds is 3. The lowest BCUT2D eigenvalue weighted by Crippen LogP contribution is -1.91. The molecule has 1 N–H and O–H groups in total. The van der Waals surface area contributed by atoms with Crippen molar-refractivity contribution in [3.8, 4) is 11.3 Å². The number of H-pyrrole nitrogens is 1. The third-order valence-electron chi connectivity index (χ3n) is 2.66. The van der Waals surface area contributed by atoms with Crippen molar-refractivity contribution >= 4 is 12.2 Å². The first-order chi connectivity index (χ1) is 8.19. The Morgan fingerprint density at radius 3 is 2.53 bits per heavy atom. The van der Waals surface area contributed by atoms with Gasteiger partial charge in [0.05, 0.1) is 0 Å². The van der Waals surface area contributed by atoms with Gasteiger partial charge >= 0.3 is 0 Å². The molecule has 2 aromatic rings. The van der Waals surface area contributed by atoms with E-state index in [1.54, 1.807) is 0 Å². The maximum atomic E-state index is 5.12. The smallest absolute Gasteiger partial charge is 0.130 e. The van der Waals surface area contributed by atoms with Crippen LogP contribution in [-0.2, 0) is 6.42 Å². The summed E-state index contributed by atoms with van der Waals surface area (Å²) in [5, 5.41) is 0. The van der Waals surface area contributed by atoms with Gasteiger partial charge in [-0.15, -0.1) is 0 Å². The van der Waals surface area contributed by atoms with Crippen LogP contribution in [0.1, 0.15) is 24.7 Å². The number of hydrogen-bond donors (Lipinski definition) is 1. The third-order valence-corrected chi connectivity index (χ3v) is 2.87. The average Bonchev–Trinajstić information content (AvgIpc) is 2.29. The number of aromatic amines is 1. The van der Waals surface area contributed by atoms with Gasteiger partial charge in [-0.05, 0) is 30.5 Å². The van der Waals surface area contributed by atoms with Crippen LogP contribution < -0.4 is 0 Å². The van der Waals surface area contributed by atoms with E-state index in [0.717, 1.165) is 23.5 Å². The molecular formula is C14H16N2S. The maximum absolute atomic E-state index is 5.12. The zero-order valence-corrected chi connectivity index (χ0v) is 11.0. The van der Waals surface area contributed by atoms with Crippen molar-refractivity contribution in [2.45, 2.75) is 26.7 Å². The van der Waals surface area contributed by atoms with Crippen LogP contribution in [0.25, 0.3) is 11.3 Å². The summed E-state index contributed by atoms with van der Waals surface area (Å²) in [7, 11) is 0. The molecule has 0 amide bonds. The Hall–Kier alpha value is -1.48. The molecule has 1 aromatic heterocycles. The molecule has 88 valence electrons. The lowest BCUT2D eigenvalue weighted by molar-refractivity contribution is 0.922. The largest absolute Gasteiger partial charge is 0.343 e. The zero-order valence-electron chi connectivity index (χ0n) is 10.2. The second-order valence-corrected chi connectivity index (χ2v) is 4.58. The number of aromatic nitrogens is 2. The molecule has 2 rings (SSSR count). The minimum absolute atomic E-state index is 0.633. The van der Waals surface area contributed by atoms with E-state index < -0.39 is 0 Å². The number of aryl methyl sites for hydroxylation is 2. The molecule has 2 nitrogen and oxygen atoms in total. The Morgan fingerprint density at radius 2 is 1.94 bits per heavy atom. The highest BCUT2D eigenvalue weighted by Gasteiger charge is 2.00. The number of hydrogen-bond acceptors (Lipinski definition) is 2. The van der Waals surface area contributed by atoms with Gasteiger partial charge in [-0.1, -0.05) is 49.8 Å². The average molecular weight is 244 g/mol. The monoisotopic (exact) mass is 244 g/mol. The quantitative estimate of drug-likeness (QED) is 0.825. The minimum Gasteiger partial charge on any atom is -0.343 e. The van der Waals surface area contributed by atoms with Crippen LogP contribution in [0.15, 0.2) is 30.3 Å². The van der Waals surface area contributed by atoms with Crippen LogP contribution >= 0.6 is 12.2 Å². The summed E-state index contributed by atoms with van der Waals surface area (Å²) in [6.45, 7) is 4.11. The Bertz CT molecular complexity index is 555. The van der Waals surface area contributed by atoms with E-state index in [4.69, 9.17) is 12.2 Å². The molecule has 0 fully saturated rings. The van der Waals surface area contributed by atoms with Gasteiger partial charge in [0.1, 0.15) is 10.5 Å². The molecule has 3 heteroatoms. The number of nitrogens with zero attached hydrogens (tertiary/aromatic N) is 1. The summed E-state index contributed by atoms with van der Waals surface area (Å²) in [5.74, 6) is 0.852. The SMILES string of the molecule is CCCc1ccc(-c2cc(=S)nc(C)[nH]2)cc1. The molecular weight excluding hydrogens is 228 g/mol. The van der Waals surface area contributed by atoms with Gasteiger partial charge in [-0.2, -0.15) is 0 Å². The fourth-order valence-corrected chi connectivity index (χ4v) is 2.13. The topological polar surface area (TPSA) is 28.7 Å². The third kappa shape index (κ3) is 3.01. The van der Waals surface area contributed by atoms with Crippen LogP contribution in [0.2, 0.25) is 0 Å². The van der Waals surface area contributed by atoms with Gasteiger partial charge in [0, 0.05) is 5.69 Å². The van der Waals surface area contributed by atoms with Crippen LogP contribution in [0.3, 0.4) is 0 Å². The summed E-state index contributed by atoms with van der Waals surface area (Å²) in [5.41, 5.74) is 3.56. The lowest BCUT2D eigenvalue weighted by atomic mass is 10.1. The summed E-state index contributed by atoms with van der Waals surface area (Å²) < 4.78 is 0.633. The summed E-state index contributed by atoms with van der Waals surface area (Å²) in [4.78, 5) is 7.40. The number of benzene rings is 1. The molecule has 0 bridgehead atoms. The molecule has 0 radical (unpaired) electrons. The molecule has 0 saturated carbocycles. The highest BCUT2D eigenvalue weighted by Crippen LogP contribution is 2.18. The van der Waals surface area contributed by atoms with Crippen molar-refractivity contribution in [2.24, 2.45) is 0 Å². The van der Waals surface area contributed by atoms with Gasteiger partial charge in [-0.3, -0.25) is 0 Å². The summed E-state index contributed by atoms with van der Waals surface area (Å²) in [6.07, 6.45) is 2.31. The summed E-state index contributed by atoms with van der Waals surface area (Å²) in [6, 6.07) is 10.5. The van der Waals surface area contributed by atoms with Crippen LogP contribution in [0.4, 0.5) is 0 Å². The van der Waals surface area contributed by atoms with Crippen molar-refractivity contribution in [1.82, 2.24) is 9.97 Å². The van der Waals surface area contributed by atoms with E-state index in [-0.39, 0.29) is 0 Å². The summed E-state index contributed by atoms with van der Waals surface area (Å²) >= 11 is 5.12. The molecule has 17 heavy (non-hydrogen) atoms. The first-order valence-corrected chi connectivity index (χ1v) is 6.27. The van der Waals surface area contributed by atoms with Gasteiger partial charge in [0.2, 0.25) is 0 Å². The lowest BCUT2D eigenvalue weighted by Gasteiger charge is -2.05. The van der Waals surface area contributed by atoms with Crippen molar-refractivity contribution < 1.29 is 0 Å². The molecule has 0 saturated heterocycles. The van der Waals surface area contributed by atoms with Crippen LogP contribution in [0.5, 0.6) is 0 Å². The van der Waals surface area contributed by atoms with E-state index >= 15 is 0 Å². The van der Waals surface area contributed by atoms with Crippen LogP contribution in [-0.4, -0.2) is 9.97 Å². The van der Waals surface area contributed by atoms with Gasteiger partial charge in [-0.25, -0.2) is 4.98 Å². The van der Waals surface area contributed by atoms with Crippen molar-refractivity contribution in [3.63, 3.8) is 0 Å². The van der Waals surface area contributed by atoms with Gasteiger partial charge in [0.15, 0.2) is 0 Å². The Kier molecular flexibility index (Phi) is 3.69. The molecule has 0 aliphatic carbocycles. The molecule has 0 spiro atoms. The van der Waals surface area contributed by atoms with Gasteiger partial charge < -0.3 is 4.98 Å². The van der Waals surface area contributed by atoms with Gasteiger partial charge in [0.25, 0.3) is 0 Å². The second-order valence-electron chi connectivity index (χ2n) is 4.17. The fraction of sp³-hybridized carbons (Fsp3) is 0.286. The van der Waals surface area contributed by atoms with Crippen molar-refractivity contribution in [3.05, 3.63) is 46.4 Å². The van der Waals surface area contributed by atoms with Crippen molar-refractivity contribution in [2.75, 3.05) is 0 Å². The Labute approximate surface area is 107 Å². The molecule has 0 aliphatic heterocycles. The predicted molar refractivity (Wildman–Crippen MR) is 73.6 cm³/mol. The Balaban J connectivity index is 2.36. The second kappa shape index (κ2) is 5.23. The minimum atomic E-state index is 0.633. The first kappa shape index (κ1) is 12.0. The number of nitrogens with one attached hydrogen (secondary N) is 1. The van der Waals surface area contributed by atoms with Crippen molar-refractivity contribution in [1.29, 1.82) is 0 Å². The molecule has 0 aliphatic rings. The molecule has 0 unspecified atom stereocenters. The fourth-order valence-electron chi connectivity index (χ4n) is 1.88. The Morgan fingerprint density at radius 1 is 1.24 bits per heavy atom. The highest BCUT2D eigenvalue weighted by molar-refractivity contribution is 7.71. The van der Waals surface area contributed by atoms with Crippen LogP contribution in [0, 0.1) is 11.6 Å². The molecule has 0 atom stereocenters. The molecule has 1 aromatic carbocycles. The van der Waals surface area contributed by atoms with E-state index in [2.05, 4.69) is 41.2 Å². The van der Waals surface area contributed by atoms with E-state index in [1.165, 1.54) is 12.0 Å². The zero-order chi connectivity index (χ0) is 12.3. The first-order valence-electron chi connectivity index (χ1n) is 5.86. The van der Waals surface area contributed by atoms with E-state index in [0.29, 0.717) is 4.64 Å². The molecule has 1 heterocycles. The maximum Gasteiger partial charge on any atom is 0.130 e. The predicted octanol–water partition coefficient (Wildman–Crippen LogP) is 4.07. The standard InChI is InChI=1S/C14H16N2S/c1-3-4-11-5-7-12(8-6-11)13-9-14(17)16-10(2)15-13/h5-9H,3-4H2,1-2H3,(H,15,16,17). The normalized spacial score (nSPS) is 10.5. The van der Waals surface area contributed by atoms with E-state index in [1.807, 2.05) is 13.0 Å².